The fourth-order valence-corrected chi connectivity index (χ4v) is 2.62. The van der Waals surface area contributed by atoms with Crippen molar-refractivity contribution in [3.63, 3.8) is 0 Å². The van der Waals surface area contributed by atoms with Crippen LogP contribution in [0.4, 0.5) is 5.69 Å². The number of hydrogen-bond acceptors (Lipinski definition) is 1. The number of benzene rings is 2. The maximum Gasteiger partial charge on any atom is 0.195 e. The molecular formula is C16H17N3. The normalized spacial score (nSPS) is 13.1. The van der Waals surface area contributed by atoms with Crippen molar-refractivity contribution < 1.29 is 0 Å². The highest BCUT2D eigenvalue weighted by atomic mass is 15.2. The average molecular weight is 251 g/mol. The highest BCUT2D eigenvalue weighted by molar-refractivity contribution is 5.95. The van der Waals surface area contributed by atoms with Gasteiger partial charge in [0, 0.05) is 19.8 Å². The Morgan fingerprint density at radius 2 is 1.84 bits per heavy atom. The molecule has 3 rings (SSSR count). The van der Waals surface area contributed by atoms with Crippen LogP contribution in [0.15, 0.2) is 47.5 Å². The number of fused-ring (bicyclic) bond motifs is 3. The molecule has 0 unspecified atom stereocenters. The van der Waals surface area contributed by atoms with Crippen LogP contribution in [-0.4, -0.2) is 20.1 Å². The molecule has 19 heavy (non-hydrogen) atoms. The van der Waals surface area contributed by atoms with Crippen molar-refractivity contribution in [2.75, 3.05) is 19.0 Å². The van der Waals surface area contributed by atoms with E-state index >= 15 is 0 Å². The molecule has 96 valence electrons. The third-order valence-corrected chi connectivity index (χ3v) is 3.74. The van der Waals surface area contributed by atoms with Crippen molar-refractivity contribution >= 4 is 11.6 Å². The summed E-state index contributed by atoms with van der Waals surface area (Å²) in [6, 6.07) is 15.0. The van der Waals surface area contributed by atoms with E-state index in [1.807, 2.05) is 11.9 Å². The Bertz CT molecular complexity index is 659. The Hall–Kier alpha value is -2.29. The molecule has 1 aliphatic carbocycles. The van der Waals surface area contributed by atoms with Gasteiger partial charge < -0.3 is 10.6 Å². The monoisotopic (exact) mass is 251 g/mol. The number of guanidine groups is 1. The topological polar surface area (TPSA) is 41.6 Å². The quantitative estimate of drug-likeness (QED) is 0.533. The van der Waals surface area contributed by atoms with E-state index in [4.69, 9.17) is 5.73 Å². The van der Waals surface area contributed by atoms with Gasteiger partial charge in [-0.2, -0.15) is 0 Å². The van der Waals surface area contributed by atoms with E-state index in [-0.39, 0.29) is 0 Å². The molecule has 0 spiro atoms. The second kappa shape index (κ2) is 4.43. The number of anilines is 1. The fourth-order valence-electron chi connectivity index (χ4n) is 2.62. The van der Waals surface area contributed by atoms with Gasteiger partial charge in [-0.15, -0.1) is 0 Å². The van der Waals surface area contributed by atoms with Crippen LogP contribution in [0.25, 0.3) is 11.1 Å². The lowest BCUT2D eigenvalue weighted by Gasteiger charge is -2.18. The molecule has 2 aromatic carbocycles. The molecule has 0 aromatic heterocycles. The molecule has 3 nitrogen and oxygen atoms in total. The van der Waals surface area contributed by atoms with Crippen LogP contribution in [0.5, 0.6) is 0 Å². The van der Waals surface area contributed by atoms with Crippen LogP contribution in [0.1, 0.15) is 11.1 Å². The van der Waals surface area contributed by atoms with Crippen molar-refractivity contribution in [2.45, 2.75) is 6.42 Å². The molecule has 0 saturated carbocycles. The largest absolute Gasteiger partial charge is 0.370 e. The lowest BCUT2D eigenvalue weighted by Crippen LogP contribution is -2.33. The molecular weight excluding hydrogens is 234 g/mol. The summed E-state index contributed by atoms with van der Waals surface area (Å²) in [7, 11) is 3.64. The Balaban J connectivity index is 2.02. The van der Waals surface area contributed by atoms with Gasteiger partial charge in [0.1, 0.15) is 0 Å². The molecule has 2 N–H and O–H groups in total. The van der Waals surface area contributed by atoms with Gasteiger partial charge in [-0.3, -0.25) is 4.99 Å². The predicted molar refractivity (Wildman–Crippen MR) is 80.6 cm³/mol. The second-order valence-electron chi connectivity index (χ2n) is 4.82. The average Bonchev–Trinajstić information content (AvgIpc) is 2.83. The Kier molecular flexibility index (Phi) is 2.75. The highest BCUT2D eigenvalue weighted by Gasteiger charge is 2.18. The van der Waals surface area contributed by atoms with Crippen molar-refractivity contribution in [3.05, 3.63) is 53.6 Å². The van der Waals surface area contributed by atoms with Gasteiger partial charge in [0.15, 0.2) is 5.96 Å². The molecule has 0 radical (unpaired) electrons. The first kappa shape index (κ1) is 11.8. The number of nitrogens with two attached hydrogens (primary N) is 1. The van der Waals surface area contributed by atoms with Crippen molar-refractivity contribution in [1.29, 1.82) is 0 Å². The maximum absolute atomic E-state index is 5.85. The van der Waals surface area contributed by atoms with Crippen LogP contribution in [0.2, 0.25) is 0 Å². The highest BCUT2D eigenvalue weighted by Crippen LogP contribution is 2.37. The predicted octanol–water partition coefficient (Wildman–Crippen LogP) is 2.64. The van der Waals surface area contributed by atoms with Gasteiger partial charge in [-0.1, -0.05) is 30.3 Å². The van der Waals surface area contributed by atoms with Gasteiger partial charge in [0.05, 0.1) is 0 Å². The SMILES string of the molecule is CN=C(N)N(C)c1ccc2c(c1)Cc1ccccc1-2. The lowest BCUT2D eigenvalue weighted by molar-refractivity contribution is 1.18. The van der Waals surface area contributed by atoms with Crippen LogP contribution in [-0.2, 0) is 6.42 Å². The van der Waals surface area contributed by atoms with E-state index in [1.165, 1.54) is 22.3 Å². The zero-order valence-electron chi connectivity index (χ0n) is 11.2. The molecule has 0 saturated heterocycles. The Morgan fingerprint density at radius 3 is 2.63 bits per heavy atom. The number of aliphatic imine (C=N–C) groups is 1. The summed E-state index contributed by atoms with van der Waals surface area (Å²) in [5.74, 6) is 0.524. The van der Waals surface area contributed by atoms with Crippen LogP contribution in [0.3, 0.4) is 0 Å². The molecule has 0 heterocycles. The molecule has 0 bridgehead atoms. The van der Waals surface area contributed by atoms with E-state index in [0.717, 1.165) is 12.1 Å². The summed E-state index contributed by atoms with van der Waals surface area (Å²) in [6.07, 6.45) is 0.996. The summed E-state index contributed by atoms with van der Waals surface area (Å²) in [6.45, 7) is 0. The fraction of sp³-hybridized carbons (Fsp3) is 0.188. The van der Waals surface area contributed by atoms with E-state index in [0.29, 0.717) is 5.96 Å². The summed E-state index contributed by atoms with van der Waals surface area (Å²) < 4.78 is 0. The molecule has 0 atom stereocenters. The zero-order chi connectivity index (χ0) is 13.4. The van der Waals surface area contributed by atoms with E-state index in [2.05, 4.69) is 47.5 Å². The minimum Gasteiger partial charge on any atom is -0.370 e. The minimum atomic E-state index is 0.524. The molecule has 0 amide bonds. The van der Waals surface area contributed by atoms with Gasteiger partial charge in [-0.25, -0.2) is 0 Å². The molecule has 0 aliphatic heterocycles. The molecule has 3 heteroatoms. The summed E-state index contributed by atoms with van der Waals surface area (Å²) in [5, 5.41) is 0. The summed E-state index contributed by atoms with van der Waals surface area (Å²) >= 11 is 0. The third kappa shape index (κ3) is 1.87. The maximum atomic E-state index is 5.85. The number of hydrogen-bond donors (Lipinski definition) is 1. The van der Waals surface area contributed by atoms with Crippen molar-refractivity contribution in [1.82, 2.24) is 0 Å². The molecule has 0 fully saturated rings. The second-order valence-corrected chi connectivity index (χ2v) is 4.82. The van der Waals surface area contributed by atoms with Crippen molar-refractivity contribution in [2.24, 2.45) is 10.7 Å². The van der Waals surface area contributed by atoms with Crippen LogP contribution >= 0.6 is 0 Å². The smallest absolute Gasteiger partial charge is 0.195 e. The zero-order valence-corrected chi connectivity index (χ0v) is 11.2. The van der Waals surface area contributed by atoms with E-state index in [9.17, 15) is 0 Å². The summed E-state index contributed by atoms with van der Waals surface area (Å²) in [4.78, 5) is 5.92. The standard InChI is InChI=1S/C16H17N3/c1-18-16(17)19(2)13-7-8-15-12(10-13)9-11-5-3-4-6-14(11)15/h3-8,10H,9H2,1-2H3,(H2,17,18). The van der Waals surface area contributed by atoms with E-state index < -0.39 is 0 Å². The Labute approximate surface area is 113 Å². The first-order valence-electron chi connectivity index (χ1n) is 6.38. The van der Waals surface area contributed by atoms with E-state index in [1.54, 1.807) is 7.05 Å². The minimum absolute atomic E-state index is 0.524. The van der Waals surface area contributed by atoms with Crippen molar-refractivity contribution in [3.8, 4) is 11.1 Å². The lowest BCUT2D eigenvalue weighted by atomic mass is 10.1. The summed E-state index contributed by atoms with van der Waals surface area (Å²) in [5.41, 5.74) is 12.4. The van der Waals surface area contributed by atoms with Crippen LogP contribution in [0, 0.1) is 0 Å². The molecule has 1 aliphatic rings. The first-order chi connectivity index (χ1) is 9.20. The van der Waals surface area contributed by atoms with Gasteiger partial charge >= 0.3 is 0 Å². The molecule has 2 aromatic rings. The van der Waals surface area contributed by atoms with Gasteiger partial charge in [-0.05, 0) is 40.8 Å². The van der Waals surface area contributed by atoms with Gasteiger partial charge in [0.2, 0.25) is 0 Å². The number of nitrogens with zero attached hydrogens (tertiary/aromatic N) is 2. The first-order valence-corrected chi connectivity index (χ1v) is 6.38. The Morgan fingerprint density at radius 1 is 1.11 bits per heavy atom. The van der Waals surface area contributed by atoms with Crippen LogP contribution < -0.4 is 10.6 Å². The third-order valence-electron chi connectivity index (χ3n) is 3.74. The number of rotatable bonds is 1. The van der Waals surface area contributed by atoms with Gasteiger partial charge in [0.25, 0.3) is 0 Å².